The predicted octanol–water partition coefficient (Wildman–Crippen LogP) is 3.24. The van der Waals surface area contributed by atoms with Gasteiger partial charge in [0.25, 0.3) is 0 Å². The molecule has 0 saturated heterocycles. The van der Waals surface area contributed by atoms with Crippen LogP contribution in [0, 0.1) is 5.41 Å². The summed E-state index contributed by atoms with van der Waals surface area (Å²) >= 11 is 0. The molecule has 0 radical (unpaired) electrons. The number of fused-ring (bicyclic) bond motifs is 1. The number of hydrogen-bond acceptors (Lipinski definition) is 2. The minimum atomic E-state index is -0.264. The van der Waals surface area contributed by atoms with Gasteiger partial charge in [-0.1, -0.05) is 26.8 Å². The molecule has 2 aromatic rings. The van der Waals surface area contributed by atoms with E-state index in [2.05, 4.69) is 41.4 Å². The van der Waals surface area contributed by atoms with Crippen molar-refractivity contribution < 1.29 is 4.79 Å². The number of amides is 2. The largest absolute Gasteiger partial charge is 0.345 e. The molecule has 0 atom stereocenters. The highest BCUT2D eigenvalue weighted by Crippen LogP contribution is 2.15. The fourth-order valence-electron chi connectivity index (χ4n) is 1.55. The van der Waals surface area contributed by atoms with Crippen LogP contribution in [-0.2, 0) is 0 Å². The normalized spacial score (nSPS) is 11.9. The molecule has 0 bridgehead atoms. The Morgan fingerprint density at radius 2 is 2.16 bits per heavy atom. The van der Waals surface area contributed by atoms with Gasteiger partial charge in [-0.3, -0.25) is 0 Å². The first-order valence-electron chi connectivity index (χ1n) is 6.12. The van der Waals surface area contributed by atoms with Gasteiger partial charge in [0.1, 0.15) is 0 Å². The average molecular weight is 258 g/mol. The Labute approximate surface area is 112 Å². The number of nitrogens with zero attached hydrogens (tertiary/aromatic N) is 1. The van der Waals surface area contributed by atoms with Crippen LogP contribution in [0.25, 0.3) is 11.0 Å². The second kappa shape index (κ2) is 5.14. The average Bonchev–Trinajstić information content (AvgIpc) is 2.74. The maximum absolute atomic E-state index is 11.7. The fraction of sp³-hybridized carbons (Fsp3) is 0.286. The zero-order valence-electron chi connectivity index (χ0n) is 11.3. The molecule has 3 N–H and O–H groups in total. The van der Waals surface area contributed by atoms with Crippen LogP contribution in [0.4, 0.5) is 10.5 Å². The summed E-state index contributed by atoms with van der Waals surface area (Å²) in [5, 5.41) is 5.43. The van der Waals surface area contributed by atoms with E-state index in [1.807, 2.05) is 24.3 Å². The van der Waals surface area contributed by atoms with E-state index < -0.39 is 0 Å². The van der Waals surface area contributed by atoms with E-state index in [-0.39, 0.29) is 11.4 Å². The molecular formula is C14H18N4O. The molecule has 0 aliphatic carbocycles. The summed E-state index contributed by atoms with van der Waals surface area (Å²) in [6, 6.07) is 5.25. The molecule has 2 amide bonds. The van der Waals surface area contributed by atoms with Crippen LogP contribution in [0.3, 0.4) is 0 Å². The van der Waals surface area contributed by atoms with Crippen LogP contribution in [0.1, 0.15) is 20.8 Å². The first-order chi connectivity index (χ1) is 8.94. The van der Waals surface area contributed by atoms with Gasteiger partial charge in [0.2, 0.25) is 0 Å². The van der Waals surface area contributed by atoms with Gasteiger partial charge in [0.15, 0.2) is 0 Å². The van der Waals surface area contributed by atoms with Crippen molar-refractivity contribution in [3.63, 3.8) is 0 Å². The standard InChI is InChI=1S/C14H18N4O/c1-14(2,3)6-7-15-13(19)18-10-4-5-11-12(8-10)17-9-16-11/h4-9H,1-3H3,(H,16,17)(H2,15,18,19)/b7-6+. The van der Waals surface area contributed by atoms with Gasteiger partial charge in [-0.2, -0.15) is 0 Å². The van der Waals surface area contributed by atoms with Crippen LogP contribution in [-0.4, -0.2) is 16.0 Å². The van der Waals surface area contributed by atoms with E-state index in [9.17, 15) is 4.79 Å². The number of hydrogen-bond donors (Lipinski definition) is 3. The summed E-state index contributed by atoms with van der Waals surface area (Å²) in [5.41, 5.74) is 2.53. The number of nitrogens with one attached hydrogen (secondary N) is 3. The summed E-state index contributed by atoms with van der Waals surface area (Å²) < 4.78 is 0. The molecular weight excluding hydrogens is 240 g/mol. The minimum Gasteiger partial charge on any atom is -0.345 e. The molecule has 100 valence electrons. The van der Waals surface area contributed by atoms with E-state index >= 15 is 0 Å². The minimum absolute atomic E-state index is 0.0438. The van der Waals surface area contributed by atoms with Crippen molar-refractivity contribution in [2.45, 2.75) is 20.8 Å². The summed E-state index contributed by atoms with van der Waals surface area (Å²) in [7, 11) is 0. The van der Waals surface area contributed by atoms with Gasteiger partial charge in [-0.15, -0.1) is 0 Å². The lowest BCUT2D eigenvalue weighted by Crippen LogP contribution is -2.24. The lowest BCUT2D eigenvalue weighted by atomic mass is 9.97. The molecule has 19 heavy (non-hydrogen) atoms. The molecule has 0 saturated carbocycles. The molecule has 0 spiro atoms. The lowest BCUT2D eigenvalue weighted by Gasteiger charge is -2.11. The van der Waals surface area contributed by atoms with Crippen LogP contribution < -0.4 is 10.6 Å². The zero-order chi connectivity index (χ0) is 13.9. The summed E-state index contributed by atoms with van der Waals surface area (Å²) in [6.07, 6.45) is 5.22. The number of aromatic nitrogens is 2. The second-order valence-corrected chi connectivity index (χ2v) is 5.43. The predicted molar refractivity (Wildman–Crippen MR) is 76.8 cm³/mol. The number of anilines is 1. The third-order valence-electron chi connectivity index (χ3n) is 2.48. The monoisotopic (exact) mass is 258 g/mol. The van der Waals surface area contributed by atoms with Gasteiger partial charge < -0.3 is 15.6 Å². The first kappa shape index (κ1) is 13.1. The highest BCUT2D eigenvalue weighted by Gasteiger charge is 2.05. The SMILES string of the molecule is CC(C)(C)/C=C/NC(=O)Nc1ccc2nc[nH]c2c1. The summed E-state index contributed by atoms with van der Waals surface area (Å²) in [6.45, 7) is 6.19. The van der Waals surface area contributed by atoms with E-state index in [4.69, 9.17) is 0 Å². The Hall–Kier alpha value is -2.30. The van der Waals surface area contributed by atoms with E-state index in [1.165, 1.54) is 0 Å². The molecule has 0 aliphatic rings. The Balaban J connectivity index is 1.96. The number of rotatable bonds is 2. The van der Waals surface area contributed by atoms with Crippen molar-refractivity contribution in [2.24, 2.45) is 5.41 Å². The first-order valence-corrected chi connectivity index (χ1v) is 6.12. The lowest BCUT2D eigenvalue weighted by molar-refractivity contribution is 0.255. The number of imidazole rings is 1. The zero-order valence-corrected chi connectivity index (χ0v) is 11.3. The van der Waals surface area contributed by atoms with E-state index in [0.29, 0.717) is 0 Å². The van der Waals surface area contributed by atoms with Gasteiger partial charge in [-0.25, -0.2) is 9.78 Å². The number of aromatic amines is 1. The van der Waals surface area contributed by atoms with Crippen LogP contribution >= 0.6 is 0 Å². The summed E-state index contributed by atoms with van der Waals surface area (Å²) in [4.78, 5) is 18.8. The highest BCUT2D eigenvalue weighted by atomic mass is 16.2. The summed E-state index contributed by atoms with van der Waals surface area (Å²) in [5.74, 6) is 0. The van der Waals surface area contributed by atoms with Crippen molar-refractivity contribution in [2.75, 3.05) is 5.32 Å². The van der Waals surface area contributed by atoms with Gasteiger partial charge in [0.05, 0.1) is 17.4 Å². The van der Waals surface area contributed by atoms with Gasteiger partial charge in [0, 0.05) is 11.9 Å². The van der Waals surface area contributed by atoms with Gasteiger partial charge >= 0.3 is 6.03 Å². The van der Waals surface area contributed by atoms with Crippen molar-refractivity contribution in [3.05, 3.63) is 36.8 Å². The molecule has 2 rings (SSSR count). The third-order valence-corrected chi connectivity index (χ3v) is 2.48. The number of carbonyl (C=O) groups is 1. The topological polar surface area (TPSA) is 69.8 Å². The second-order valence-electron chi connectivity index (χ2n) is 5.43. The van der Waals surface area contributed by atoms with Crippen molar-refractivity contribution in [3.8, 4) is 0 Å². The number of carbonyl (C=O) groups excluding carboxylic acids is 1. The Morgan fingerprint density at radius 1 is 1.37 bits per heavy atom. The number of H-pyrrole nitrogens is 1. The Kier molecular flexibility index (Phi) is 3.55. The molecule has 0 fully saturated rings. The van der Waals surface area contributed by atoms with Crippen molar-refractivity contribution >= 4 is 22.8 Å². The maximum Gasteiger partial charge on any atom is 0.323 e. The molecule has 1 aromatic carbocycles. The molecule has 0 unspecified atom stereocenters. The fourth-order valence-corrected chi connectivity index (χ4v) is 1.55. The Bertz CT molecular complexity index is 607. The van der Waals surface area contributed by atoms with Crippen LogP contribution in [0.15, 0.2) is 36.8 Å². The molecule has 0 aliphatic heterocycles. The number of urea groups is 1. The van der Waals surface area contributed by atoms with Crippen molar-refractivity contribution in [1.29, 1.82) is 0 Å². The molecule has 5 nitrogen and oxygen atoms in total. The molecule has 1 aromatic heterocycles. The highest BCUT2D eigenvalue weighted by molar-refractivity contribution is 5.92. The maximum atomic E-state index is 11.7. The molecule has 1 heterocycles. The Morgan fingerprint density at radius 3 is 2.89 bits per heavy atom. The smallest absolute Gasteiger partial charge is 0.323 e. The third kappa shape index (κ3) is 3.84. The number of benzene rings is 1. The van der Waals surface area contributed by atoms with Crippen LogP contribution in [0.2, 0.25) is 0 Å². The number of allylic oxidation sites excluding steroid dienone is 1. The van der Waals surface area contributed by atoms with Gasteiger partial charge in [-0.05, 0) is 23.6 Å². The van der Waals surface area contributed by atoms with E-state index in [0.717, 1.165) is 16.7 Å². The van der Waals surface area contributed by atoms with Crippen molar-refractivity contribution in [1.82, 2.24) is 15.3 Å². The van der Waals surface area contributed by atoms with Crippen LogP contribution in [0.5, 0.6) is 0 Å². The van der Waals surface area contributed by atoms with E-state index in [1.54, 1.807) is 12.5 Å². The molecule has 5 heteroatoms. The quantitative estimate of drug-likeness (QED) is 0.774.